The van der Waals surface area contributed by atoms with Gasteiger partial charge in [-0.15, -0.1) is 0 Å². The van der Waals surface area contributed by atoms with Gasteiger partial charge in [-0.1, -0.05) is 21.6 Å². The Morgan fingerprint density at radius 1 is 1.50 bits per heavy atom. The molecule has 0 amide bonds. The number of carbonyl (C=O) groups is 1. The Kier molecular flexibility index (Phi) is 9.00. The Hall–Kier alpha value is 0.440. The highest BCUT2D eigenvalue weighted by Crippen LogP contribution is 2.36. The molecule has 4 nitrogen and oxygen atoms in total. The summed E-state index contributed by atoms with van der Waals surface area (Å²) < 4.78 is 0. The van der Waals surface area contributed by atoms with Gasteiger partial charge in [-0.25, -0.2) is 0 Å². The van der Waals surface area contributed by atoms with Crippen molar-refractivity contribution in [2.24, 2.45) is 11.5 Å². The zero-order valence-electron chi connectivity index (χ0n) is 8.01. The molecule has 0 aliphatic heterocycles. The monoisotopic (exact) mass is 256 g/mol. The number of hydrogen-bond acceptors (Lipinski definition) is 6. The van der Waals surface area contributed by atoms with E-state index < -0.39 is 12.0 Å². The molecule has 0 aromatic rings. The maximum atomic E-state index is 10.4. The van der Waals surface area contributed by atoms with Gasteiger partial charge >= 0.3 is 5.97 Å². The van der Waals surface area contributed by atoms with Gasteiger partial charge in [-0.2, -0.15) is 0 Å². The molecule has 7 heteroatoms. The molecule has 0 saturated heterocycles. The zero-order chi connectivity index (χ0) is 11.0. The van der Waals surface area contributed by atoms with E-state index in [-0.39, 0.29) is 5.25 Å². The predicted molar refractivity (Wildman–Crippen MR) is 66.4 cm³/mol. The van der Waals surface area contributed by atoms with Gasteiger partial charge in [-0.3, -0.25) is 4.79 Å². The topological polar surface area (TPSA) is 89.3 Å². The predicted octanol–water partition coefficient (Wildman–Crippen LogP) is 1.17. The summed E-state index contributed by atoms with van der Waals surface area (Å²) in [6.45, 7) is 0.560. The van der Waals surface area contributed by atoms with Gasteiger partial charge in [0.2, 0.25) is 0 Å². The van der Waals surface area contributed by atoms with Crippen LogP contribution in [0, 0.1) is 0 Å². The first-order valence-electron chi connectivity index (χ1n) is 4.16. The number of carboxylic acids is 1. The van der Waals surface area contributed by atoms with Crippen molar-refractivity contribution in [3.05, 3.63) is 0 Å². The normalized spacial score (nSPS) is 15.1. The van der Waals surface area contributed by atoms with Gasteiger partial charge in [0, 0.05) is 11.8 Å². The van der Waals surface area contributed by atoms with Crippen molar-refractivity contribution in [1.29, 1.82) is 0 Å². The average molecular weight is 256 g/mol. The van der Waals surface area contributed by atoms with E-state index in [1.807, 2.05) is 6.26 Å². The summed E-state index contributed by atoms with van der Waals surface area (Å²) in [5.74, 6) is -0.941. The second-order valence-electron chi connectivity index (χ2n) is 2.71. The van der Waals surface area contributed by atoms with Crippen LogP contribution in [0.2, 0.25) is 0 Å². The summed E-state index contributed by atoms with van der Waals surface area (Å²) in [6, 6.07) is -0.760. The lowest BCUT2D eigenvalue weighted by atomic mass is 10.1. The fourth-order valence-corrected chi connectivity index (χ4v) is 4.09. The fraction of sp³-hybridized carbons (Fsp3) is 0.857. The molecule has 0 fully saturated rings. The van der Waals surface area contributed by atoms with E-state index in [0.29, 0.717) is 13.0 Å². The van der Waals surface area contributed by atoms with Gasteiger partial charge in [0.1, 0.15) is 6.04 Å². The standard InChI is InChI=1S/C7H16N2O2S3/c1-12-14-13-5(4-8)2-3-6(9)7(10)11/h5-6H,2-4,8-9H2,1H3,(H,10,11)/t5?,6-/m0/s1. The molecule has 0 spiro atoms. The molecule has 84 valence electrons. The first kappa shape index (κ1) is 14.4. The number of nitrogens with two attached hydrogens (primary N) is 2. The summed E-state index contributed by atoms with van der Waals surface area (Å²) in [5.41, 5.74) is 10.9. The van der Waals surface area contributed by atoms with E-state index in [0.717, 1.165) is 6.42 Å². The van der Waals surface area contributed by atoms with Crippen LogP contribution in [-0.2, 0) is 4.79 Å². The van der Waals surface area contributed by atoms with Crippen LogP contribution in [0.3, 0.4) is 0 Å². The van der Waals surface area contributed by atoms with Gasteiger partial charge in [0.05, 0.1) is 0 Å². The van der Waals surface area contributed by atoms with Crippen molar-refractivity contribution in [1.82, 2.24) is 0 Å². The van der Waals surface area contributed by atoms with Gasteiger partial charge in [0.15, 0.2) is 0 Å². The highest BCUT2D eigenvalue weighted by Gasteiger charge is 2.15. The fourth-order valence-electron chi connectivity index (χ4n) is 0.789. The SMILES string of the molecule is CSSSC(CN)CC[C@H](N)C(=O)O. The molecule has 5 N–H and O–H groups in total. The van der Waals surface area contributed by atoms with Crippen LogP contribution < -0.4 is 11.5 Å². The Balaban J connectivity index is 3.66. The van der Waals surface area contributed by atoms with E-state index >= 15 is 0 Å². The van der Waals surface area contributed by atoms with Gasteiger partial charge < -0.3 is 16.6 Å². The Labute approximate surface area is 95.7 Å². The average Bonchev–Trinajstić information content (AvgIpc) is 2.17. The summed E-state index contributed by atoms with van der Waals surface area (Å²) >= 11 is 0. The minimum atomic E-state index is -0.941. The van der Waals surface area contributed by atoms with E-state index in [9.17, 15) is 4.79 Å². The molecule has 0 bridgehead atoms. The molecular formula is C7H16N2O2S3. The quantitative estimate of drug-likeness (QED) is 0.562. The smallest absolute Gasteiger partial charge is 0.320 e. The summed E-state index contributed by atoms with van der Waals surface area (Å²) in [7, 11) is 5.01. The molecule has 1 unspecified atom stereocenters. The maximum Gasteiger partial charge on any atom is 0.320 e. The molecule has 0 radical (unpaired) electrons. The zero-order valence-corrected chi connectivity index (χ0v) is 10.5. The second-order valence-corrected chi connectivity index (χ2v) is 7.25. The van der Waals surface area contributed by atoms with Crippen molar-refractivity contribution in [2.45, 2.75) is 24.1 Å². The van der Waals surface area contributed by atoms with Crippen molar-refractivity contribution in [3.63, 3.8) is 0 Å². The molecular weight excluding hydrogens is 240 g/mol. The van der Waals surface area contributed by atoms with E-state index in [1.165, 1.54) is 0 Å². The molecule has 2 atom stereocenters. The second kappa shape index (κ2) is 8.72. The highest BCUT2D eigenvalue weighted by molar-refractivity contribution is 9.09. The molecule has 0 saturated carbocycles. The highest BCUT2D eigenvalue weighted by atomic mass is 33.5. The third kappa shape index (κ3) is 6.83. The van der Waals surface area contributed by atoms with E-state index in [1.54, 1.807) is 31.4 Å². The van der Waals surface area contributed by atoms with Crippen LogP contribution in [0.25, 0.3) is 0 Å². The minimum Gasteiger partial charge on any atom is -0.480 e. The summed E-state index contributed by atoms with van der Waals surface area (Å²) in [5, 5.41) is 8.86. The lowest BCUT2D eigenvalue weighted by Gasteiger charge is -2.13. The maximum absolute atomic E-state index is 10.4. The molecule has 0 aromatic heterocycles. The largest absolute Gasteiger partial charge is 0.480 e. The van der Waals surface area contributed by atoms with Gasteiger partial charge in [-0.05, 0) is 28.9 Å². The molecule has 0 heterocycles. The third-order valence-corrected chi connectivity index (χ3v) is 5.93. The number of hydrogen-bond donors (Lipinski definition) is 3. The number of rotatable bonds is 8. The van der Waals surface area contributed by atoms with Crippen LogP contribution in [0.5, 0.6) is 0 Å². The lowest BCUT2D eigenvalue weighted by molar-refractivity contribution is -0.138. The van der Waals surface area contributed by atoms with Crippen molar-refractivity contribution in [2.75, 3.05) is 12.8 Å². The minimum absolute atomic E-state index is 0.290. The Morgan fingerprint density at radius 2 is 2.14 bits per heavy atom. The number of aliphatic carboxylic acids is 1. The molecule has 0 aliphatic rings. The summed E-state index contributed by atoms with van der Waals surface area (Å²) in [4.78, 5) is 10.4. The van der Waals surface area contributed by atoms with Crippen LogP contribution in [0.4, 0.5) is 0 Å². The lowest BCUT2D eigenvalue weighted by Crippen LogP contribution is -2.31. The van der Waals surface area contributed by atoms with Crippen LogP contribution in [0.15, 0.2) is 0 Å². The van der Waals surface area contributed by atoms with Crippen molar-refractivity contribution >= 4 is 37.4 Å². The molecule has 0 rings (SSSR count). The first-order valence-corrected chi connectivity index (χ1v) is 8.11. The van der Waals surface area contributed by atoms with Crippen LogP contribution in [0.1, 0.15) is 12.8 Å². The van der Waals surface area contributed by atoms with Crippen LogP contribution >= 0.6 is 31.4 Å². The van der Waals surface area contributed by atoms with E-state index in [2.05, 4.69) is 0 Å². The van der Waals surface area contributed by atoms with Crippen LogP contribution in [-0.4, -0.2) is 35.2 Å². The van der Waals surface area contributed by atoms with E-state index in [4.69, 9.17) is 16.6 Å². The molecule has 0 aliphatic carbocycles. The number of carboxylic acid groups (broad SMARTS) is 1. The molecule has 14 heavy (non-hydrogen) atoms. The van der Waals surface area contributed by atoms with Crippen molar-refractivity contribution in [3.8, 4) is 0 Å². The summed E-state index contributed by atoms with van der Waals surface area (Å²) in [6.07, 6.45) is 3.23. The third-order valence-electron chi connectivity index (χ3n) is 1.62. The van der Waals surface area contributed by atoms with Gasteiger partial charge in [0.25, 0.3) is 0 Å². The Morgan fingerprint density at radius 3 is 2.57 bits per heavy atom. The van der Waals surface area contributed by atoms with Crippen molar-refractivity contribution < 1.29 is 9.90 Å². The first-order chi connectivity index (χ1) is 6.61. The Bertz CT molecular complexity index is 171. The molecule has 0 aromatic carbocycles.